The van der Waals surface area contributed by atoms with E-state index >= 15 is 0 Å². The fourth-order valence-electron chi connectivity index (χ4n) is 3.57. The van der Waals surface area contributed by atoms with E-state index in [0.29, 0.717) is 32.5 Å². The van der Waals surface area contributed by atoms with Crippen LogP contribution in [0.15, 0.2) is 6.33 Å². The van der Waals surface area contributed by atoms with E-state index < -0.39 is 0 Å². The number of nitrogens with zero attached hydrogens (tertiary/aromatic N) is 6. The topological polar surface area (TPSA) is 84.2 Å². The van der Waals surface area contributed by atoms with Gasteiger partial charge >= 0.3 is 0 Å². The number of carbonyl (C=O) groups is 2. The van der Waals surface area contributed by atoms with Crippen molar-refractivity contribution in [2.45, 2.75) is 38.6 Å². The van der Waals surface area contributed by atoms with Crippen LogP contribution in [0.4, 0.5) is 0 Å². The van der Waals surface area contributed by atoms with Crippen molar-refractivity contribution in [3.63, 3.8) is 0 Å². The van der Waals surface area contributed by atoms with Crippen molar-refractivity contribution >= 4 is 11.8 Å². The first-order chi connectivity index (χ1) is 10.6. The van der Waals surface area contributed by atoms with Gasteiger partial charge in [-0.25, -0.2) is 4.68 Å². The van der Waals surface area contributed by atoms with Gasteiger partial charge in [0.2, 0.25) is 11.8 Å². The first-order valence-corrected chi connectivity index (χ1v) is 7.85. The normalized spacial score (nSPS) is 25.2. The first kappa shape index (κ1) is 14.9. The van der Waals surface area contributed by atoms with Crippen LogP contribution in [0.3, 0.4) is 0 Å². The number of piperidine rings is 1. The van der Waals surface area contributed by atoms with Gasteiger partial charge in [0.05, 0.1) is 5.41 Å². The van der Waals surface area contributed by atoms with Crippen LogP contribution in [0.25, 0.3) is 0 Å². The minimum atomic E-state index is -0.321. The molecule has 0 N–H and O–H groups in total. The summed E-state index contributed by atoms with van der Waals surface area (Å²) in [6.07, 6.45) is 5.47. The van der Waals surface area contributed by atoms with Crippen LogP contribution in [0.1, 0.15) is 32.1 Å². The van der Waals surface area contributed by atoms with Crippen molar-refractivity contribution in [3.05, 3.63) is 6.33 Å². The summed E-state index contributed by atoms with van der Waals surface area (Å²) in [7, 11) is 1.86. The number of hydrogen-bond donors (Lipinski definition) is 0. The second-order valence-electron chi connectivity index (χ2n) is 6.35. The fourth-order valence-corrected chi connectivity index (χ4v) is 3.57. The molecule has 3 heterocycles. The number of hydrogen-bond acceptors (Lipinski definition) is 5. The lowest BCUT2D eigenvalue weighted by Crippen LogP contribution is -2.48. The highest BCUT2D eigenvalue weighted by Crippen LogP contribution is 2.39. The number of aryl methyl sites for hydroxylation is 1. The lowest BCUT2D eigenvalue weighted by Gasteiger charge is -2.37. The van der Waals surface area contributed by atoms with E-state index in [-0.39, 0.29) is 17.2 Å². The number of rotatable bonds is 4. The maximum atomic E-state index is 12.4. The van der Waals surface area contributed by atoms with Gasteiger partial charge in [-0.2, -0.15) is 0 Å². The quantitative estimate of drug-likeness (QED) is 0.777. The molecule has 2 amide bonds. The summed E-state index contributed by atoms with van der Waals surface area (Å²) in [6, 6.07) is 0. The second kappa shape index (κ2) is 6.02. The molecule has 1 atom stereocenters. The maximum Gasteiger partial charge on any atom is 0.230 e. The molecule has 1 aromatic heterocycles. The van der Waals surface area contributed by atoms with E-state index in [0.717, 1.165) is 25.8 Å². The summed E-state index contributed by atoms with van der Waals surface area (Å²) in [5.74, 6) is 0.341. The summed E-state index contributed by atoms with van der Waals surface area (Å²) in [5.41, 5.74) is -0.321. The summed E-state index contributed by atoms with van der Waals surface area (Å²) in [6.45, 7) is 2.75. The Kier molecular flexibility index (Phi) is 4.08. The molecule has 0 bridgehead atoms. The standard InChI is InChI=1S/C14H22N6O2/c1-18-7-3-5-14(13(18)22)6-9-19(10-14)12(21)4-2-8-20-11-15-16-17-20/h11H,2-10H2,1H3. The van der Waals surface area contributed by atoms with Gasteiger partial charge < -0.3 is 9.80 Å². The van der Waals surface area contributed by atoms with Gasteiger partial charge in [0.25, 0.3) is 0 Å². The Hall–Kier alpha value is -1.99. The van der Waals surface area contributed by atoms with E-state index in [4.69, 9.17) is 0 Å². The Morgan fingerprint density at radius 1 is 1.36 bits per heavy atom. The molecule has 2 saturated heterocycles. The van der Waals surface area contributed by atoms with Crippen molar-refractivity contribution in [1.29, 1.82) is 0 Å². The Morgan fingerprint density at radius 2 is 2.23 bits per heavy atom. The van der Waals surface area contributed by atoms with Gasteiger partial charge in [-0.15, -0.1) is 5.10 Å². The highest BCUT2D eigenvalue weighted by atomic mass is 16.2. The lowest BCUT2D eigenvalue weighted by atomic mass is 9.78. The van der Waals surface area contributed by atoms with Crippen LogP contribution in [0.2, 0.25) is 0 Å². The highest BCUT2D eigenvalue weighted by molar-refractivity contribution is 5.85. The molecule has 3 rings (SSSR count). The molecule has 0 aliphatic carbocycles. The van der Waals surface area contributed by atoms with Crippen LogP contribution in [0, 0.1) is 5.41 Å². The predicted molar refractivity (Wildman–Crippen MR) is 77.6 cm³/mol. The zero-order valence-electron chi connectivity index (χ0n) is 12.9. The van der Waals surface area contributed by atoms with Crippen LogP contribution < -0.4 is 0 Å². The minimum absolute atomic E-state index is 0.131. The first-order valence-electron chi connectivity index (χ1n) is 7.85. The molecule has 2 aliphatic heterocycles. The minimum Gasteiger partial charge on any atom is -0.345 e. The third kappa shape index (κ3) is 2.82. The molecule has 1 unspecified atom stereocenters. The molecule has 120 valence electrons. The van der Waals surface area contributed by atoms with E-state index in [9.17, 15) is 9.59 Å². The van der Waals surface area contributed by atoms with Gasteiger partial charge in [0.15, 0.2) is 0 Å². The number of amides is 2. The van der Waals surface area contributed by atoms with Crippen molar-refractivity contribution < 1.29 is 9.59 Å². The summed E-state index contributed by atoms with van der Waals surface area (Å²) in [5, 5.41) is 10.9. The largest absolute Gasteiger partial charge is 0.345 e. The zero-order chi connectivity index (χ0) is 15.6. The van der Waals surface area contributed by atoms with Gasteiger partial charge in [0, 0.05) is 39.6 Å². The van der Waals surface area contributed by atoms with Gasteiger partial charge in [0.1, 0.15) is 6.33 Å². The average molecular weight is 306 g/mol. The monoisotopic (exact) mass is 306 g/mol. The third-order valence-electron chi connectivity index (χ3n) is 4.83. The SMILES string of the molecule is CN1CCCC2(CCN(C(=O)CCCn3cnnn3)C2)C1=O. The zero-order valence-corrected chi connectivity index (χ0v) is 12.9. The number of aromatic nitrogens is 4. The number of carbonyl (C=O) groups excluding carboxylic acids is 2. The van der Waals surface area contributed by atoms with E-state index in [1.807, 2.05) is 16.8 Å². The molecule has 1 aromatic rings. The summed E-state index contributed by atoms with van der Waals surface area (Å²) >= 11 is 0. The van der Waals surface area contributed by atoms with Gasteiger partial charge in [-0.3, -0.25) is 9.59 Å². The van der Waals surface area contributed by atoms with E-state index in [2.05, 4.69) is 15.5 Å². The average Bonchev–Trinajstić information content (AvgIpc) is 3.15. The van der Waals surface area contributed by atoms with Gasteiger partial charge in [-0.1, -0.05) is 0 Å². The Labute approximate surface area is 129 Å². The Bertz CT molecular complexity index is 546. The summed E-state index contributed by atoms with van der Waals surface area (Å²) < 4.78 is 1.62. The number of tetrazole rings is 1. The van der Waals surface area contributed by atoms with Crippen LogP contribution in [-0.2, 0) is 16.1 Å². The molecule has 2 aliphatic rings. The summed E-state index contributed by atoms with van der Waals surface area (Å²) in [4.78, 5) is 28.4. The molecule has 1 spiro atoms. The lowest BCUT2D eigenvalue weighted by molar-refractivity contribution is -0.144. The molecular formula is C14H22N6O2. The fraction of sp³-hybridized carbons (Fsp3) is 0.786. The Balaban J connectivity index is 1.51. The number of likely N-dealkylation sites (tertiary alicyclic amines) is 2. The van der Waals surface area contributed by atoms with Crippen molar-refractivity contribution in [2.75, 3.05) is 26.7 Å². The van der Waals surface area contributed by atoms with Crippen LogP contribution in [0.5, 0.6) is 0 Å². The molecule has 0 saturated carbocycles. The van der Waals surface area contributed by atoms with Crippen molar-refractivity contribution in [2.24, 2.45) is 5.41 Å². The molecule has 2 fully saturated rings. The maximum absolute atomic E-state index is 12.4. The molecule has 8 nitrogen and oxygen atoms in total. The van der Waals surface area contributed by atoms with Crippen LogP contribution in [-0.4, -0.2) is 68.5 Å². The van der Waals surface area contributed by atoms with E-state index in [1.54, 1.807) is 11.0 Å². The predicted octanol–water partition coefficient (Wildman–Crippen LogP) is -0.0758. The van der Waals surface area contributed by atoms with Crippen molar-refractivity contribution in [1.82, 2.24) is 30.0 Å². The Morgan fingerprint density at radius 3 is 3.00 bits per heavy atom. The van der Waals surface area contributed by atoms with Gasteiger partial charge in [-0.05, 0) is 36.1 Å². The molecular weight excluding hydrogens is 284 g/mol. The van der Waals surface area contributed by atoms with Crippen molar-refractivity contribution in [3.8, 4) is 0 Å². The van der Waals surface area contributed by atoms with Crippen LogP contribution >= 0.6 is 0 Å². The molecule has 8 heteroatoms. The second-order valence-corrected chi connectivity index (χ2v) is 6.35. The smallest absolute Gasteiger partial charge is 0.230 e. The molecule has 22 heavy (non-hydrogen) atoms. The molecule has 0 aromatic carbocycles. The third-order valence-corrected chi connectivity index (χ3v) is 4.83. The molecule has 0 radical (unpaired) electrons. The highest BCUT2D eigenvalue weighted by Gasteiger charge is 2.48. The van der Waals surface area contributed by atoms with E-state index in [1.165, 1.54) is 0 Å².